The minimum Gasteiger partial charge on any atom is -0.497 e. The van der Waals surface area contributed by atoms with Crippen LogP contribution in [0.3, 0.4) is 0 Å². The number of hydrogen-bond donors (Lipinski definition) is 1. The van der Waals surface area contributed by atoms with Gasteiger partial charge in [-0.25, -0.2) is 13.4 Å². The van der Waals surface area contributed by atoms with E-state index in [1.54, 1.807) is 31.3 Å². The molecule has 3 aromatic rings. The summed E-state index contributed by atoms with van der Waals surface area (Å²) in [4.78, 5) is 4.52. The molecule has 0 amide bonds. The molecule has 0 saturated carbocycles. The quantitative estimate of drug-likeness (QED) is 0.650. The Labute approximate surface area is 155 Å². The van der Waals surface area contributed by atoms with Crippen molar-refractivity contribution in [2.24, 2.45) is 0 Å². The first-order chi connectivity index (χ1) is 12.5. The molecule has 8 heteroatoms. The van der Waals surface area contributed by atoms with Crippen molar-refractivity contribution in [2.75, 3.05) is 14.2 Å². The number of halogens is 1. The third-order valence-electron chi connectivity index (χ3n) is 3.74. The number of thiophene rings is 1. The van der Waals surface area contributed by atoms with Crippen LogP contribution in [0, 0.1) is 5.95 Å². The van der Waals surface area contributed by atoms with Crippen molar-refractivity contribution >= 4 is 21.2 Å². The summed E-state index contributed by atoms with van der Waals surface area (Å²) in [5.74, 6) is -0.268. The molecule has 136 valence electrons. The van der Waals surface area contributed by atoms with Gasteiger partial charge in [0, 0.05) is 28.7 Å². The molecule has 1 aromatic carbocycles. The number of pyridine rings is 1. The van der Waals surface area contributed by atoms with E-state index in [0.717, 1.165) is 16.2 Å². The first-order valence-electron chi connectivity index (χ1n) is 7.74. The second kappa shape index (κ2) is 7.53. The van der Waals surface area contributed by atoms with Crippen LogP contribution in [0.1, 0.15) is 4.88 Å². The Hall–Kier alpha value is -2.29. The largest absolute Gasteiger partial charge is 0.497 e. The molecule has 2 aromatic heterocycles. The number of rotatable bonds is 6. The molecule has 0 radical (unpaired) electrons. The van der Waals surface area contributed by atoms with E-state index in [0.29, 0.717) is 17.9 Å². The number of nitrogens with one attached hydrogen (secondary N) is 1. The normalized spacial score (nSPS) is 11.5. The fourth-order valence-electron chi connectivity index (χ4n) is 2.53. The lowest BCUT2D eigenvalue weighted by Gasteiger charge is -2.08. The zero-order valence-corrected chi connectivity index (χ0v) is 15.8. The van der Waals surface area contributed by atoms with Crippen molar-refractivity contribution in [3.05, 3.63) is 59.5 Å². The Kier molecular flexibility index (Phi) is 5.36. The lowest BCUT2D eigenvalue weighted by molar-refractivity contribution is 0.413. The van der Waals surface area contributed by atoms with Crippen molar-refractivity contribution in [3.8, 4) is 16.9 Å². The summed E-state index contributed by atoms with van der Waals surface area (Å²) in [5.41, 5.74) is 0.473. The third-order valence-corrected chi connectivity index (χ3v) is 7.17. The van der Waals surface area contributed by atoms with Gasteiger partial charge < -0.3 is 10.1 Å². The van der Waals surface area contributed by atoms with Crippen molar-refractivity contribution in [2.45, 2.75) is 15.6 Å². The summed E-state index contributed by atoms with van der Waals surface area (Å²) in [6.45, 7) is 0.479. The summed E-state index contributed by atoms with van der Waals surface area (Å²) in [7, 11) is -0.614. The molecule has 0 aliphatic rings. The molecule has 0 aliphatic carbocycles. The van der Waals surface area contributed by atoms with E-state index in [1.807, 2.05) is 0 Å². The van der Waals surface area contributed by atoms with Crippen molar-refractivity contribution in [3.63, 3.8) is 0 Å². The average molecular weight is 392 g/mol. The van der Waals surface area contributed by atoms with Gasteiger partial charge in [-0.05, 0) is 43.4 Å². The van der Waals surface area contributed by atoms with Gasteiger partial charge in [-0.15, -0.1) is 11.3 Å². The maximum Gasteiger partial charge on any atom is 0.220 e. The van der Waals surface area contributed by atoms with Gasteiger partial charge in [-0.3, -0.25) is 0 Å². The van der Waals surface area contributed by atoms with Gasteiger partial charge in [-0.2, -0.15) is 4.39 Å². The minimum absolute atomic E-state index is 0.0860. The number of nitrogens with zero attached hydrogens (tertiary/aromatic N) is 1. The van der Waals surface area contributed by atoms with Crippen LogP contribution >= 0.6 is 11.3 Å². The molecular formula is C18H17FN2O3S2. The maximum atomic E-state index is 14.2. The van der Waals surface area contributed by atoms with Gasteiger partial charge in [0.15, 0.2) is 0 Å². The number of ether oxygens (including phenoxy) is 1. The fourth-order valence-corrected chi connectivity index (χ4v) is 5.69. The fraction of sp³-hybridized carbons (Fsp3) is 0.167. The summed E-state index contributed by atoms with van der Waals surface area (Å²) < 4.78 is 45.9. The molecule has 0 bridgehead atoms. The smallest absolute Gasteiger partial charge is 0.220 e. The number of aromatic nitrogens is 1. The molecule has 0 atom stereocenters. The van der Waals surface area contributed by atoms with Crippen molar-refractivity contribution in [1.82, 2.24) is 10.3 Å². The van der Waals surface area contributed by atoms with E-state index >= 15 is 0 Å². The summed E-state index contributed by atoms with van der Waals surface area (Å²) in [5, 5.41) is 2.99. The van der Waals surface area contributed by atoms with Crippen LogP contribution in [0.2, 0.25) is 0 Å². The summed E-state index contributed by atoms with van der Waals surface area (Å²) in [6.07, 6.45) is 1.33. The van der Waals surface area contributed by atoms with E-state index in [9.17, 15) is 12.8 Å². The standard InChI is InChI=1S/C18H17FN2O3S2/c1-20-11-13-10-16(15-7-4-8-21-17(15)19)18(25-13)26(22,23)14-6-3-5-12(9-14)24-2/h3-10,20H,11H2,1-2H3. The third kappa shape index (κ3) is 3.48. The first-order valence-corrected chi connectivity index (χ1v) is 10.0. The molecule has 0 aliphatic heterocycles. The number of methoxy groups -OCH3 is 1. The van der Waals surface area contributed by atoms with Crippen molar-refractivity contribution in [1.29, 1.82) is 0 Å². The van der Waals surface area contributed by atoms with E-state index < -0.39 is 15.8 Å². The second-order valence-corrected chi connectivity index (χ2v) is 8.75. The van der Waals surface area contributed by atoms with Crippen LogP contribution in [0.5, 0.6) is 5.75 Å². The number of sulfone groups is 1. The molecule has 3 rings (SSSR count). The number of hydrogen-bond acceptors (Lipinski definition) is 6. The zero-order valence-electron chi connectivity index (χ0n) is 14.2. The zero-order chi connectivity index (χ0) is 18.7. The van der Waals surface area contributed by atoms with Crippen molar-refractivity contribution < 1.29 is 17.5 Å². The second-order valence-electron chi connectivity index (χ2n) is 5.47. The van der Waals surface area contributed by atoms with Gasteiger partial charge in [0.25, 0.3) is 0 Å². The lowest BCUT2D eigenvalue weighted by Crippen LogP contribution is -2.03. The monoisotopic (exact) mass is 392 g/mol. The van der Waals surface area contributed by atoms with Crippen LogP contribution in [0.15, 0.2) is 57.8 Å². The van der Waals surface area contributed by atoms with E-state index in [1.165, 1.54) is 31.5 Å². The highest BCUT2D eigenvalue weighted by Crippen LogP contribution is 2.39. The molecule has 0 spiro atoms. The van der Waals surface area contributed by atoms with E-state index in [4.69, 9.17) is 4.74 Å². The molecular weight excluding hydrogens is 375 g/mol. The molecule has 0 fully saturated rings. The molecule has 0 saturated heterocycles. The predicted molar refractivity (Wildman–Crippen MR) is 98.7 cm³/mol. The van der Waals surface area contributed by atoms with Crippen LogP contribution < -0.4 is 10.1 Å². The van der Waals surface area contributed by atoms with Crippen LogP contribution in [0.4, 0.5) is 4.39 Å². The van der Waals surface area contributed by atoms with E-state index in [2.05, 4.69) is 10.3 Å². The lowest BCUT2D eigenvalue weighted by atomic mass is 10.1. The Morgan fingerprint density at radius 1 is 1.19 bits per heavy atom. The van der Waals surface area contributed by atoms with Gasteiger partial charge in [-0.1, -0.05) is 6.07 Å². The van der Waals surface area contributed by atoms with E-state index in [-0.39, 0.29) is 14.7 Å². The minimum atomic E-state index is -3.85. The Bertz CT molecular complexity index is 1030. The van der Waals surface area contributed by atoms with Gasteiger partial charge in [0.2, 0.25) is 15.8 Å². The average Bonchev–Trinajstić information content (AvgIpc) is 3.07. The molecule has 5 nitrogen and oxygen atoms in total. The Morgan fingerprint density at radius 2 is 2.00 bits per heavy atom. The highest BCUT2D eigenvalue weighted by Gasteiger charge is 2.27. The van der Waals surface area contributed by atoms with Gasteiger partial charge >= 0.3 is 0 Å². The molecule has 1 N–H and O–H groups in total. The van der Waals surface area contributed by atoms with Crippen LogP contribution in [-0.4, -0.2) is 27.6 Å². The number of benzene rings is 1. The highest BCUT2D eigenvalue weighted by atomic mass is 32.2. The first kappa shape index (κ1) is 18.5. The Morgan fingerprint density at radius 3 is 2.69 bits per heavy atom. The summed E-state index contributed by atoms with van der Waals surface area (Å²) >= 11 is 1.12. The molecule has 2 heterocycles. The SMILES string of the molecule is CNCc1cc(-c2cccnc2F)c(S(=O)(=O)c2cccc(OC)c2)s1. The van der Waals surface area contributed by atoms with Gasteiger partial charge in [0.05, 0.1) is 12.0 Å². The molecule has 26 heavy (non-hydrogen) atoms. The van der Waals surface area contributed by atoms with Crippen LogP contribution in [0.25, 0.3) is 11.1 Å². The van der Waals surface area contributed by atoms with Crippen LogP contribution in [-0.2, 0) is 16.4 Å². The summed E-state index contributed by atoms with van der Waals surface area (Å²) in [6, 6.07) is 11.0. The van der Waals surface area contributed by atoms with Gasteiger partial charge in [0.1, 0.15) is 9.96 Å². The maximum absolute atomic E-state index is 14.2. The highest BCUT2D eigenvalue weighted by molar-refractivity contribution is 7.93. The Balaban J connectivity index is 2.21. The topological polar surface area (TPSA) is 68.3 Å². The predicted octanol–water partition coefficient (Wildman–Crippen LogP) is 3.51. The molecule has 0 unspecified atom stereocenters.